The van der Waals surface area contributed by atoms with Crippen LogP contribution in [0.4, 0.5) is 0 Å². The van der Waals surface area contributed by atoms with E-state index in [1.54, 1.807) is 6.07 Å². The molecule has 1 amide bonds. The summed E-state index contributed by atoms with van der Waals surface area (Å²) in [5, 5.41) is 2.94. The van der Waals surface area contributed by atoms with Gasteiger partial charge in [0.2, 0.25) is 15.9 Å². The molecule has 2 rings (SSSR count). The normalized spacial score (nSPS) is 18.1. The van der Waals surface area contributed by atoms with Crippen molar-refractivity contribution in [2.45, 2.75) is 45.1 Å². The first-order valence-electron chi connectivity index (χ1n) is 8.83. The Balaban J connectivity index is 1.96. The van der Waals surface area contributed by atoms with Crippen LogP contribution < -0.4 is 5.32 Å². The van der Waals surface area contributed by atoms with Crippen LogP contribution in [0.25, 0.3) is 0 Å². The third-order valence-corrected chi connectivity index (χ3v) is 6.73. The molecule has 25 heavy (non-hydrogen) atoms. The van der Waals surface area contributed by atoms with Gasteiger partial charge >= 0.3 is 0 Å². The summed E-state index contributed by atoms with van der Waals surface area (Å²) in [6.45, 7) is 10.1. The summed E-state index contributed by atoms with van der Waals surface area (Å²) in [6.07, 6.45) is 0.896. The number of benzene rings is 1. The number of carbonyl (C=O) groups excluding carboxylic acids is 1. The van der Waals surface area contributed by atoms with Crippen LogP contribution >= 0.6 is 0 Å². The van der Waals surface area contributed by atoms with Crippen LogP contribution in [-0.2, 0) is 14.8 Å². The summed E-state index contributed by atoms with van der Waals surface area (Å²) < 4.78 is 27.2. The Labute approximate surface area is 151 Å². The summed E-state index contributed by atoms with van der Waals surface area (Å²) in [5.41, 5.74) is 1.82. The third kappa shape index (κ3) is 5.03. The van der Waals surface area contributed by atoms with E-state index in [1.807, 2.05) is 44.7 Å². The monoisotopic (exact) mass is 367 g/mol. The molecule has 0 saturated carbocycles. The molecular weight excluding hydrogens is 338 g/mol. The van der Waals surface area contributed by atoms with Gasteiger partial charge in [0.1, 0.15) is 0 Å². The number of carbonyl (C=O) groups is 1. The maximum atomic E-state index is 12.9. The minimum Gasteiger partial charge on any atom is -0.353 e. The van der Waals surface area contributed by atoms with Crippen molar-refractivity contribution in [2.75, 3.05) is 32.7 Å². The van der Waals surface area contributed by atoms with Gasteiger partial charge in [-0.1, -0.05) is 24.6 Å². The Kier molecular flexibility index (Phi) is 6.59. The van der Waals surface area contributed by atoms with E-state index in [0.717, 1.165) is 17.5 Å². The van der Waals surface area contributed by atoms with Gasteiger partial charge in [-0.05, 0) is 38.8 Å². The van der Waals surface area contributed by atoms with E-state index in [9.17, 15) is 13.2 Å². The molecule has 1 saturated heterocycles. The molecule has 1 aromatic rings. The highest BCUT2D eigenvalue weighted by molar-refractivity contribution is 7.89. The topological polar surface area (TPSA) is 69.7 Å². The van der Waals surface area contributed by atoms with E-state index < -0.39 is 10.0 Å². The van der Waals surface area contributed by atoms with Gasteiger partial charge in [-0.15, -0.1) is 0 Å². The zero-order valence-electron chi connectivity index (χ0n) is 15.6. The van der Waals surface area contributed by atoms with Crippen LogP contribution in [0.5, 0.6) is 0 Å². The third-order valence-electron chi connectivity index (χ3n) is 4.67. The standard InChI is InChI=1S/C18H29N3O3S/c1-5-16(4)19-18(22)13-20-8-10-21(11-9-20)25(23,24)17-7-6-14(2)12-15(17)3/h6-7,12,16H,5,8-11,13H2,1-4H3,(H,19,22). The smallest absolute Gasteiger partial charge is 0.243 e. The SMILES string of the molecule is CCC(C)NC(=O)CN1CCN(S(=O)(=O)c2ccc(C)cc2C)CC1. The predicted octanol–water partition coefficient (Wildman–Crippen LogP) is 1.52. The molecular formula is C18H29N3O3S. The number of sulfonamides is 1. The molecule has 0 spiro atoms. The van der Waals surface area contributed by atoms with E-state index in [-0.39, 0.29) is 11.9 Å². The van der Waals surface area contributed by atoms with Crippen molar-refractivity contribution < 1.29 is 13.2 Å². The summed E-state index contributed by atoms with van der Waals surface area (Å²) in [7, 11) is -3.48. The minimum atomic E-state index is -3.48. The first-order chi connectivity index (χ1) is 11.7. The Morgan fingerprint density at radius 1 is 1.20 bits per heavy atom. The maximum absolute atomic E-state index is 12.9. The van der Waals surface area contributed by atoms with E-state index in [1.165, 1.54) is 4.31 Å². The maximum Gasteiger partial charge on any atom is 0.243 e. The lowest BCUT2D eigenvalue weighted by atomic mass is 10.2. The van der Waals surface area contributed by atoms with Gasteiger partial charge in [-0.3, -0.25) is 9.69 Å². The fraction of sp³-hybridized carbons (Fsp3) is 0.611. The molecule has 1 atom stereocenters. The van der Waals surface area contributed by atoms with Gasteiger partial charge in [-0.2, -0.15) is 4.31 Å². The molecule has 7 heteroatoms. The molecule has 1 aliphatic rings. The molecule has 1 heterocycles. The first-order valence-corrected chi connectivity index (χ1v) is 10.3. The van der Waals surface area contributed by atoms with Gasteiger partial charge in [0, 0.05) is 32.2 Å². The lowest BCUT2D eigenvalue weighted by molar-refractivity contribution is -0.123. The zero-order chi connectivity index (χ0) is 18.6. The van der Waals surface area contributed by atoms with Crippen LogP contribution in [0.1, 0.15) is 31.4 Å². The summed E-state index contributed by atoms with van der Waals surface area (Å²) in [5.74, 6) is 0.0000335. The average molecular weight is 368 g/mol. The number of hydrogen-bond donors (Lipinski definition) is 1. The van der Waals surface area contributed by atoms with Gasteiger partial charge in [0.25, 0.3) is 0 Å². The fourth-order valence-corrected chi connectivity index (χ4v) is 4.61. The molecule has 0 radical (unpaired) electrons. The molecule has 140 valence electrons. The van der Waals surface area contributed by atoms with Crippen molar-refractivity contribution in [1.29, 1.82) is 0 Å². The molecule has 6 nitrogen and oxygen atoms in total. The highest BCUT2D eigenvalue weighted by atomic mass is 32.2. The Morgan fingerprint density at radius 2 is 1.84 bits per heavy atom. The Morgan fingerprint density at radius 3 is 2.40 bits per heavy atom. The van der Waals surface area contributed by atoms with E-state index in [0.29, 0.717) is 37.6 Å². The van der Waals surface area contributed by atoms with E-state index in [4.69, 9.17) is 0 Å². The number of piperazine rings is 1. The lowest BCUT2D eigenvalue weighted by Gasteiger charge is -2.34. The molecule has 1 N–H and O–H groups in total. The van der Waals surface area contributed by atoms with Crippen molar-refractivity contribution >= 4 is 15.9 Å². The van der Waals surface area contributed by atoms with Gasteiger partial charge in [0.15, 0.2) is 0 Å². The average Bonchev–Trinajstić information content (AvgIpc) is 2.54. The first kappa shape index (κ1) is 19.9. The number of hydrogen-bond acceptors (Lipinski definition) is 4. The van der Waals surface area contributed by atoms with Crippen molar-refractivity contribution in [3.8, 4) is 0 Å². The molecule has 0 bridgehead atoms. The number of nitrogens with one attached hydrogen (secondary N) is 1. The van der Waals surface area contributed by atoms with Crippen LogP contribution in [0, 0.1) is 13.8 Å². The van der Waals surface area contributed by atoms with Crippen LogP contribution in [-0.4, -0.2) is 62.3 Å². The van der Waals surface area contributed by atoms with Crippen LogP contribution in [0.3, 0.4) is 0 Å². The van der Waals surface area contributed by atoms with E-state index in [2.05, 4.69) is 5.32 Å². The number of amides is 1. The van der Waals surface area contributed by atoms with E-state index >= 15 is 0 Å². The van der Waals surface area contributed by atoms with Crippen molar-refractivity contribution in [3.63, 3.8) is 0 Å². The second kappa shape index (κ2) is 8.29. The summed E-state index contributed by atoms with van der Waals surface area (Å²) in [6, 6.07) is 5.57. The van der Waals surface area contributed by atoms with Crippen LogP contribution in [0.2, 0.25) is 0 Å². The number of aryl methyl sites for hydroxylation is 2. The van der Waals surface area contributed by atoms with Gasteiger partial charge in [-0.25, -0.2) is 8.42 Å². The predicted molar refractivity (Wildman–Crippen MR) is 99.0 cm³/mol. The van der Waals surface area contributed by atoms with Crippen molar-refractivity contribution in [2.24, 2.45) is 0 Å². The quantitative estimate of drug-likeness (QED) is 0.828. The fourth-order valence-electron chi connectivity index (χ4n) is 2.98. The molecule has 0 aromatic heterocycles. The molecule has 1 aromatic carbocycles. The number of nitrogens with zero attached hydrogens (tertiary/aromatic N) is 2. The Bertz CT molecular complexity index is 710. The molecule has 1 fully saturated rings. The molecule has 0 aliphatic carbocycles. The van der Waals surface area contributed by atoms with Crippen LogP contribution in [0.15, 0.2) is 23.1 Å². The van der Waals surface area contributed by atoms with Crippen molar-refractivity contribution in [1.82, 2.24) is 14.5 Å². The second-order valence-electron chi connectivity index (χ2n) is 6.83. The van der Waals surface area contributed by atoms with Gasteiger partial charge < -0.3 is 5.32 Å². The molecule has 1 aliphatic heterocycles. The van der Waals surface area contributed by atoms with Gasteiger partial charge in [0.05, 0.1) is 11.4 Å². The summed E-state index contributed by atoms with van der Waals surface area (Å²) >= 11 is 0. The number of rotatable bonds is 6. The molecule has 1 unspecified atom stereocenters. The highest BCUT2D eigenvalue weighted by Gasteiger charge is 2.30. The highest BCUT2D eigenvalue weighted by Crippen LogP contribution is 2.22. The lowest BCUT2D eigenvalue weighted by Crippen LogP contribution is -2.51. The largest absolute Gasteiger partial charge is 0.353 e. The minimum absolute atomic E-state index is 0.0000335. The zero-order valence-corrected chi connectivity index (χ0v) is 16.4. The second-order valence-corrected chi connectivity index (χ2v) is 8.73. The Hall–Kier alpha value is -1.44. The summed E-state index contributed by atoms with van der Waals surface area (Å²) in [4.78, 5) is 14.4. The van der Waals surface area contributed by atoms with Crippen molar-refractivity contribution in [3.05, 3.63) is 29.3 Å².